The lowest BCUT2D eigenvalue weighted by Gasteiger charge is -2.10. The number of nitrogens with one attached hydrogen (secondary N) is 1. The van der Waals surface area contributed by atoms with Crippen molar-refractivity contribution in [1.29, 1.82) is 0 Å². The third kappa shape index (κ3) is 2.58. The van der Waals surface area contributed by atoms with Crippen molar-refractivity contribution in [3.05, 3.63) is 36.2 Å². The fraction of sp³-hybridized carbons (Fsp3) is 0.333. The average molecular weight is 354 g/mol. The molecule has 4 rings (SSSR count). The predicted molar refractivity (Wildman–Crippen MR) is 91.0 cm³/mol. The molecule has 0 amide bonds. The lowest BCUT2D eigenvalue weighted by atomic mass is 10.3. The van der Waals surface area contributed by atoms with Crippen LogP contribution < -0.4 is 0 Å². The summed E-state index contributed by atoms with van der Waals surface area (Å²) in [6.07, 6.45) is 7.31. The molecule has 4 heterocycles. The number of hydrogen-bond donors (Lipinski definition) is 1. The van der Waals surface area contributed by atoms with Gasteiger partial charge in [-0.3, -0.25) is 4.57 Å². The predicted octanol–water partition coefficient (Wildman–Crippen LogP) is 0.698. The fourth-order valence-corrected chi connectivity index (χ4v) is 2.96. The van der Waals surface area contributed by atoms with Crippen molar-refractivity contribution in [3.63, 3.8) is 0 Å². The Kier molecular flexibility index (Phi) is 4.05. The zero-order valence-electron chi connectivity index (χ0n) is 14.7. The average Bonchev–Trinajstić information content (AvgIpc) is 3.40. The molecule has 0 aliphatic carbocycles. The number of imidazole rings is 2. The Balaban J connectivity index is 1.80. The SMILES string of the molecule is COCCn1ccnc1-c1nccn1-c1c(C)nn(-c2nn[nH]n2)c1C. The van der Waals surface area contributed by atoms with Gasteiger partial charge in [0.05, 0.1) is 23.7 Å². The van der Waals surface area contributed by atoms with E-state index in [0.29, 0.717) is 19.1 Å². The minimum atomic E-state index is 0.389. The maximum absolute atomic E-state index is 5.17. The van der Waals surface area contributed by atoms with Gasteiger partial charge in [-0.2, -0.15) is 15.0 Å². The molecule has 0 bridgehead atoms. The molecule has 0 aliphatic heterocycles. The number of H-pyrrole nitrogens is 1. The number of ether oxygens (including phenoxy) is 1. The van der Waals surface area contributed by atoms with Crippen molar-refractivity contribution < 1.29 is 4.74 Å². The van der Waals surface area contributed by atoms with Crippen LogP contribution in [0, 0.1) is 13.8 Å². The van der Waals surface area contributed by atoms with Crippen molar-refractivity contribution in [1.82, 2.24) is 49.5 Å². The second-order valence-electron chi connectivity index (χ2n) is 5.70. The van der Waals surface area contributed by atoms with Crippen LogP contribution in [0.1, 0.15) is 11.4 Å². The number of aromatic nitrogens is 10. The second kappa shape index (κ2) is 6.52. The minimum Gasteiger partial charge on any atom is -0.383 e. The molecule has 0 saturated carbocycles. The second-order valence-corrected chi connectivity index (χ2v) is 5.70. The van der Waals surface area contributed by atoms with Gasteiger partial charge in [-0.15, -0.1) is 5.10 Å². The first-order valence-corrected chi connectivity index (χ1v) is 8.05. The zero-order valence-corrected chi connectivity index (χ0v) is 14.7. The molecule has 0 aromatic carbocycles. The van der Waals surface area contributed by atoms with E-state index in [9.17, 15) is 0 Å². The van der Waals surface area contributed by atoms with E-state index >= 15 is 0 Å². The van der Waals surface area contributed by atoms with Crippen LogP contribution in [-0.4, -0.2) is 63.2 Å². The topological polar surface area (TPSA) is 117 Å². The Labute approximate surface area is 148 Å². The van der Waals surface area contributed by atoms with E-state index in [2.05, 4.69) is 35.7 Å². The zero-order chi connectivity index (χ0) is 18.1. The van der Waals surface area contributed by atoms with Crippen LogP contribution in [0.15, 0.2) is 24.8 Å². The van der Waals surface area contributed by atoms with Crippen LogP contribution in [0.25, 0.3) is 23.3 Å². The van der Waals surface area contributed by atoms with Gasteiger partial charge in [0.2, 0.25) is 0 Å². The smallest absolute Gasteiger partial charge is 0.290 e. The van der Waals surface area contributed by atoms with Crippen molar-refractivity contribution in [2.75, 3.05) is 13.7 Å². The van der Waals surface area contributed by atoms with Gasteiger partial charge in [-0.05, 0) is 19.1 Å². The van der Waals surface area contributed by atoms with Crippen LogP contribution in [-0.2, 0) is 11.3 Å². The molecule has 134 valence electrons. The van der Waals surface area contributed by atoms with E-state index in [1.165, 1.54) is 0 Å². The molecule has 26 heavy (non-hydrogen) atoms. The first-order chi connectivity index (χ1) is 12.7. The van der Waals surface area contributed by atoms with E-state index in [4.69, 9.17) is 4.74 Å². The van der Waals surface area contributed by atoms with E-state index in [1.54, 1.807) is 24.2 Å². The molecular formula is C15H18N10O. The summed E-state index contributed by atoms with van der Waals surface area (Å²) in [4.78, 5) is 8.98. The van der Waals surface area contributed by atoms with Gasteiger partial charge >= 0.3 is 0 Å². The molecule has 4 aromatic rings. The fourth-order valence-electron chi connectivity index (χ4n) is 2.96. The van der Waals surface area contributed by atoms with Crippen LogP contribution in [0.4, 0.5) is 0 Å². The lowest BCUT2D eigenvalue weighted by molar-refractivity contribution is 0.187. The third-order valence-corrected chi connectivity index (χ3v) is 4.11. The van der Waals surface area contributed by atoms with Gasteiger partial charge in [0.1, 0.15) is 0 Å². The van der Waals surface area contributed by atoms with Crippen LogP contribution in [0.3, 0.4) is 0 Å². The van der Waals surface area contributed by atoms with Crippen molar-refractivity contribution in [3.8, 4) is 23.3 Å². The van der Waals surface area contributed by atoms with E-state index in [0.717, 1.165) is 28.7 Å². The maximum atomic E-state index is 5.17. The molecule has 0 aliphatic rings. The third-order valence-electron chi connectivity index (χ3n) is 4.11. The highest BCUT2D eigenvalue weighted by Crippen LogP contribution is 2.25. The number of aromatic amines is 1. The van der Waals surface area contributed by atoms with E-state index in [-0.39, 0.29) is 0 Å². The molecule has 4 aromatic heterocycles. The van der Waals surface area contributed by atoms with Gasteiger partial charge < -0.3 is 9.30 Å². The van der Waals surface area contributed by atoms with Crippen LogP contribution >= 0.6 is 0 Å². The number of methoxy groups -OCH3 is 1. The van der Waals surface area contributed by atoms with Crippen LogP contribution in [0.2, 0.25) is 0 Å². The first-order valence-electron chi connectivity index (χ1n) is 8.05. The van der Waals surface area contributed by atoms with Gasteiger partial charge in [-0.25, -0.2) is 9.97 Å². The summed E-state index contributed by atoms with van der Waals surface area (Å²) in [5, 5.41) is 18.6. The molecule has 1 N–H and O–H groups in total. The lowest BCUT2D eigenvalue weighted by Crippen LogP contribution is -2.08. The number of tetrazole rings is 1. The number of hydrogen-bond acceptors (Lipinski definition) is 7. The van der Waals surface area contributed by atoms with Gasteiger partial charge in [-0.1, -0.05) is 5.10 Å². The Morgan fingerprint density at radius 1 is 1.12 bits per heavy atom. The van der Waals surface area contributed by atoms with E-state index in [1.807, 2.05) is 35.4 Å². The summed E-state index contributed by atoms with van der Waals surface area (Å²) in [5.74, 6) is 1.88. The highest BCUT2D eigenvalue weighted by molar-refractivity contribution is 5.54. The number of rotatable bonds is 6. The standard InChI is InChI=1S/C15H18N10O/c1-10-12(11(2)25(20-10)15-18-21-22-19-15)24-7-5-17-14(24)13-16-4-6-23(13)8-9-26-3/h4-7H,8-9H2,1-3H3,(H,18,19,21,22). The van der Waals surface area contributed by atoms with Gasteiger partial charge in [0, 0.05) is 38.4 Å². The summed E-state index contributed by atoms with van der Waals surface area (Å²) in [5.41, 5.74) is 2.60. The Morgan fingerprint density at radius 3 is 2.69 bits per heavy atom. The summed E-state index contributed by atoms with van der Waals surface area (Å²) >= 11 is 0. The number of nitrogens with zero attached hydrogens (tertiary/aromatic N) is 9. The minimum absolute atomic E-state index is 0.389. The molecule has 0 spiro atoms. The maximum Gasteiger partial charge on any atom is 0.290 e. The normalized spacial score (nSPS) is 11.3. The molecule has 0 radical (unpaired) electrons. The van der Waals surface area contributed by atoms with Gasteiger partial charge in [0.25, 0.3) is 5.95 Å². The quantitative estimate of drug-likeness (QED) is 0.541. The highest BCUT2D eigenvalue weighted by atomic mass is 16.5. The largest absolute Gasteiger partial charge is 0.383 e. The summed E-state index contributed by atoms with van der Waals surface area (Å²) < 4.78 is 10.8. The Bertz CT molecular complexity index is 1010. The Morgan fingerprint density at radius 2 is 1.92 bits per heavy atom. The van der Waals surface area contributed by atoms with E-state index < -0.39 is 0 Å². The Hall–Kier alpha value is -3.34. The molecule has 0 fully saturated rings. The molecule has 0 unspecified atom stereocenters. The summed E-state index contributed by atoms with van der Waals surface area (Å²) in [7, 11) is 1.68. The molecule has 11 heteroatoms. The van der Waals surface area contributed by atoms with Crippen molar-refractivity contribution in [2.45, 2.75) is 20.4 Å². The number of aryl methyl sites for hydroxylation is 1. The summed E-state index contributed by atoms with van der Waals surface area (Å²) in [6.45, 7) is 5.17. The van der Waals surface area contributed by atoms with Crippen LogP contribution in [0.5, 0.6) is 0 Å². The monoisotopic (exact) mass is 354 g/mol. The molecule has 11 nitrogen and oxygen atoms in total. The summed E-state index contributed by atoms with van der Waals surface area (Å²) in [6, 6.07) is 0. The van der Waals surface area contributed by atoms with Crippen molar-refractivity contribution in [2.24, 2.45) is 0 Å². The van der Waals surface area contributed by atoms with Gasteiger partial charge in [0.15, 0.2) is 11.6 Å². The molecular weight excluding hydrogens is 336 g/mol. The highest BCUT2D eigenvalue weighted by Gasteiger charge is 2.21. The molecule has 0 atom stereocenters. The first kappa shape index (κ1) is 16.1. The van der Waals surface area contributed by atoms with Crippen molar-refractivity contribution >= 4 is 0 Å². The molecule has 0 saturated heterocycles.